The number of alkyl halides is 3. The van der Waals surface area contributed by atoms with Gasteiger partial charge in [-0.15, -0.1) is 0 Å². The van der Waals surface area contributed by atoms with Gasteiger partial charge < -0.3 is 9.80 Å². The molecule has 14 aromatic carbocycles. The SMILES string of the molecule is Cc1ccc(N(c2ccccc2)c2c3ccccc3c(-c3cc(-c4c5ccccc5cc5ccccc45)cc(-c4c5ccccc5c(N(c5ccccc5)c5ccc(C(F)(F)F)cc5)c5ccccc45)c3)c3ccccc23)cc1. The third kappa shape index (κ3) is 8.21. The molecule has 376 valence electrons. The van der Waals surface area contributed by atoms with E-state index < -0.39 is 11.7 Å². The summed E-state index contributed by atoms with van der Waals surface area (Å²) >= 11 is 0. The van der Waals surface area contributed by atoms with Crippen LogP contribution < -0.4 is 9.80 Å². The van der Waals surface area contributed by atoms with E-state index in [1.807, 2.05) is 30.3 Å². The molecule has 0 N–H and O–H groups in total. The Morgan fingerprint density at radius 3 is 0.899 bits per heavy atom. The first kappa shape index (κ1) is 47.5. The Kier molecular flexibility index (Phi) is 11.6. The van der Waals surface area contributed by atoms with Crippen molar-refractivity contribution in [1.82, 2.24) is 0 Å². The van der Waals surface area contributed by atoms with Gasteiger partial charge in [-0.2, -0.15) is 13.2 Å². The summed E-state index contributed by atoms with van der Waals surface area (Å²) in [6.07, 6.45) is -4.48. The molecule has 0 fully saturated rings. The highest BCUT2D eigenvalue weighted by Gasteiger charge is 2.31. The molecule has 0 bridgehead atoms. The van der Waals surface area contributed by atoms with E-state index in [0.29, 0.717) is 5.69 Å². The van der Waals surface area contributed by atoms with Crippen LogP contribution in [0.1, 0.15) is 11.1 Å². The zero-order valence-electron chi connectivity index (χ0n) is 43.1. The number of benzene rings is 14. The second-order valence-electron chi connectivity index (χ2n) is 20.3. The monoisotopic (exact) mass is 1020 g/mol. The van der Waals surface area contributed by atoms with Gasteiger partial charge in [-0.1, -0.05) is 200 Å². The van der Waals surface area contributed by atoms with Gasteiger partial charge in [0.25, 0.3) is 0 Å². The Bertz CT molecular complexity index is 4480. The molecule has 79 heavy (non-hydrogen) atoms. The minimum atomic E-state index is -4.48. The molecule has 0 aromatic heterocycles. The predicted molar refractivity (Wildman–Crippen MR) is 327 cm³/mol. The number of hydrogen-bond acceptors (Lipinski definition) is 2. The molecular formula is C74H49F3N2. The Balaban J connectivity index is 1.10. The number of anilines is 6. The molecule has 0 saturated heterocycles. The molecule has 0 atom stereocenters. The van der Waals surface area contributed by atoms with E-state index in [1.54, 1.807) is 12.1 Å². The zero-order chi connectivity index (χ0) is 53.2. The molecule has 14 aromatic rings. The standard InChI is InChI=1S/C74H49F3N2/c1-48-36-40-57(41-37-48)78(55-22-4-2-5-23-55)72-65-32-16-12-28-61(65)70(62-29-13-17-33-66(62)72)52-45-51(69-59-26-10-8-20-49(59)44-50-21-9-11-27-60(50)69)46-53(47-52)71-63-30-14-18-34-67(63)73(68-35-19-15-31-64(68)71)79(56-24-6-3-7-25-56)58-42-38-54(39-43-58)74(75,76)77/h2-47H,1H3. The molecule has 0 heterocycles. The van der Waals surface area contributed by atoms with Crippen LogP contribution in [0.4, 0.5) is 47.3 Å². The molecule has 0 saturated carbocycles. The van der Waals surface area contributed by atoms with Gasteiger partial charge in [-0.3, -0.25) is 0 Å². The van der Waals surface area contributed by atoms with Crippen LogP contribution in [0, 0.1) is 6.92 Å². The Morgan fingerprint density at radius 1 is 0.266 bits per heavy atom. The molecule has 5 heteroatoms. The van der Waals surface area contributed by atoms with Crippen LogP contribution in [-0.2, 0) is 6.18 Å². The lowest BCUT2D eigenvalue weighted by molar-refractivity contribution is -0.137. The number of halogens is 3. The summed E-state index contributed by atoms with van der Waals surface area (Å²) < 4.78 is 42.4. The van der Waals surface area contributed by atoms with Gasteiger partial charge >= 0.3 is 6.18 Å². The van der Waals surface area contributed by atoms with E-state index in [2.05, 4.69) is 241 Å². The zero-order valence-corrected chi connectivity index (χ0v) is 43.1. The normalized spacial score (nSPS) is 11.8. The first-order valence-corrected chi connectivity index (χ1v) is 26.6. The predicted octanol–water partition coefficient (Wildman–Crippen LogP) is 21.9. The van der Waals surface area contributed by atoms with E-state index in [9.17, 15) is 13.2 Å². The van der Waals surface area contributed by atoms with Gasteiger partial charge in [0.1, 0.15) is 0 Å². The van der Waals surface area contributed by atoms with E-state index >= 15 is 0 Å². The van der Waals surface area contributed by atoms with Crippen LogP contribution in [0.2, 0.25) is 0 Å². The molecule has 0 amide bonds. The number of fused-ring (bicyclic) bond motifs is 6. The van der Waals surface area contributed by atoms with E-state index in [0.717, 1.165) is 126 Å². The Morgan fingerprint density at radius 2 is 0.544 bits per heavy atom. The maximum absolute atomic E-state index is 14.1. The van der Waals surface area contributed by atoms with Crippen LogP contribution in [0.15, 0.2) is 279 Å². The highest BCUT2D eigenvalue weighted by molar-refractivity contribution is 6.25. The van der Waals surface area contributed by atoms with Crippen molar-refractivity contribution in [2.45, 2.75) is 13.1 Å². The quantitative estimate of drug-likeness (QED) is 0.133. The molecule has 0 radical (unpaired) electrons. The summed E-state index contributed by atoms with van der Waals surface area (Å²) in [6.45, 7) is 2.13. The van der Waals surface area contributed by atoms with Crippen molar-refractivity contribution >= 4 is 98.8 Å². The van der Waals surface area contributed by atoms with Crippen LogP contribution >= 0.6 is 0 Å². The third-order valence-electron chi connectivity index (χ3n) is 15.6. The fourth-order valence-electron chi connectivity index (χ4n) is 12.2. The topological polar surface area (TPSA) is 6.48 Å². The van der Waals surface area contributed by atoms with Gasteiger partial charge in [0.2, 0.25) is 0 Å². The van der Waals surface area contributed by atoms with Crippen molar-refractivity contribution in [3.8, 4) is 33.4 Å². The van der Waals surface area contributed by atoms with E-state index in [1.165, 1.54) is 17.7 Å². The molecule has 0 spiro atoms. The minimum Gasteiger partial charge on any atom is -0.309 e. The van der Waals surface area contributed by atoms with Crippen molar-refractivity contribution in [1.29, 1.82) is 0 Å². The number of para-hydroxylation sites is 2. The lowest BCUT2D eigenvalue weighted by atomic mass is 9.83. The van der Waals surface area contributed by atoms with Crippen molar-refractivity contribution in [3.05, 3.63) is 290 Å². The van der Waals surface area contributed by atoms with Crippen LogP contribution in [-0.4, -0.2) is 0 Å². The van der Waals surface area contributed by atoms with Crippen molar-refractivity contribution in [2.75, 3.05) is 9.80 Å². The molecule has 2 nitrogen and oxygen atoms in total. The van der Waals surface area contributed by atoms with Crippen molar-refractivity contribution in [2.24, 2.45) is 0 Å². The van der Waals surface area contributed by atoms with Crippen LogP contribution in [0.3, 0.4) is 0 Å². The molecule has 0 aliphatic rings. The third-order valence-corrected chi connectivity index (χ3v) is 15.6. The largest absolute Gasteiger partial charge is 0.416 e. The highest BCUT2D eigenvalue weighted by Crippen LogP contribution is 2.53. The smallest absolute Gasteiger partial charge is 0.309 e. The fraction of sp³-hybridized carbons (Fsp3) is 0.0270. The van der Waals surface area contributed by atoms with Crippen LogP contribution in [0.25, 0.3) is 98.0 Å². The Hall–Kier alpha value is -9.97. The van der Waals surface area contributed by atoms with Gasteiger partial charge in [0.15, 0.2) is 0 Å². The molecule has 0 aliphatic carbocycles. The van der Waals surface area contributed by atoms with Gasteiger partial charge in [-0.05, 0) is 168 Å². The lowest BCUT2D eigenvalue weighted by Crippen LogP contribution is -2.12. The van der Waals surface area contributed by atoms with Gasteiger partial charge in [-0.25, -0.2) is 0 Å². The lowest BCUT2D eigenvalue weighted by Gasteiger charge is -2.30. The summed E-state index contributed by atoms with van der Waals surface area (Å²) in [5.41, 5.74) is 12.6. The van der Waals surface area contributed by atoms with Gasteiger partial charge in [0.05, 0.1) is 16.9 Å². The second-order valence-corrected chi connectivity index (χ2v) is 20.3. The number of hydrogen-bond donors (Lipinski definition) is 0. The van der Waals surface area contributed by atoms with E-state index in [-0.39, 0.29) is 0 Å². The van der Waals surface area contributed by atoms with E-state index in [4.69, 9.17) is 0 Å². The maximum atomic E-state index is 14.1. The summed E-state index contributed by atoms with van der Waals surface area (Å²) in [5.74, 6) is 0. The minimum absolute atomic E-state index is 0.616. The van der Waals surface area contributed by atoms with Crippen molar-refractivity contribution in [3.63, 3.8) is 0 Å². The highest BCUT2D eigenvalue weighted by atomic mass is 19.4. The second kappa shape index (κ2) is 19.2. The average Bonchev–Trinajstić information content (AvgIpc) is 3.62. The first-order valence-electron chi connectivity index (χ1n) is 26.6. The summed E-state index contributed by atoms with van der Waals surface area (Å²) in [5, 5.41) is 13.0. The van der Waals surface area contributed by atoms with Crippen molar-refractivity contribution < 1.29 is 13.2 Å². The Labute approximate surface area is 456 Å². The van der Waals surface area contributed by atoms with Crippen LogP contribution in [0.5, 0.6) is 0 Å². The summed E-state index contributed by atoms with van der Waals surface area (Å²) in [6, 6.07) is 96.4. The average molecular weight is 1020 g/mol. The fourth-order valence-corrected chi connectivity index (χ4v) is 12.2. The number of nitrogens with zero attached hydrogens (tertiary/aromatic N) is 2. The summed E-state index contributed by atoms with van der Waals surface area (Å²) in [4.78, 5) is 4.51. The number of aryl methyl sites for hydroxylation is 1. The maximum Gasteiger partial charge on any atom is 0.416 e. The number of rotatable bonds is 9. The molecule has 0 aliphatic heterocycles. The first-order chi connectivity index (χ1) is 38.8. The summed E-state index contributed by atoms with van der Waals surface area (Å²) in [7, 11) is 0. The molecular weight excluding hydrogens is 974 g/mol. The molecule has 14 rings (SSSR count). The molecule has 0 unspecified atom stereocenters. The van der Waals surface area contributed by atoms with Gasteiger partial charge in [0, 0.05) is 44.3 Å².